The van der Waals surface area contributed by atoms with E-state index in [1.165, 1.54) is 12.3 Å². The van der Waals surface area contributed by atoms with Crippen LogP contribution < -0.4 is 11.1 Å². The van der Waals surface area contributed by atoms with E-state index in [0.29, 0.717) is 11.1 Å². The minimum atomic E-state index is -0.581. The maximum absolute atomic E-state index is 13.5. The van der Waals surface area contributed by atoms with E-state index in [1.807, 2.05) is 6.07 Å². The zero-order valence-electron chi connectivity index (χ0n) is 11.5. The maximum Gasteiger partial charge on any atom is 0.256 e. The second-order valence-corrected chi connectivity index (χ2v) is 4.35. The first-order valence-corrected chi connectivity index (χ1v) is 6.32. The fourth-order valence-electron chi connectivity index (χ4n) is 1.76. The molecule has 0 saturated heterocycles. The standard InChI is InChI=1S/C16H14FN3O/c1-11-4-5-12(3-2-7-18)9-13(11)16(21)20-15-6-8-19-10-14(15)17/h4-6,8-10H,7,18H2,1H3,(H,19,20,21). The molecule has 1 aromatic heterocycles. The van der Waals surface area contributed by atoms with Crippen LogP contribution in [0.5, 0.6) is 0 Å². The molecule has 0 fully saturated rings. The van der Waals surface area contributed by atoms with Crippen molar-refractivity contribution in [2.24, 2.45) is 5.73 Å². The van der Waals surface area contributed by atoms with Crippen molar-refractivity contribution in [1.82, 2.24) is 4.98 Å². The molecule has 5 heteroatoms. The summed E-state index contributed by atoms with van der Waals surface area (Å²) >= 11 is 0. The zero-order valence-corrected chi connectivity index (χ0v) is 11.5. The predicted octanol–water partition coefficient (Wildman–Crippen LogP) is 2.09. The van der Waals surface area contributed by atoms with Crippen LogP contribution in [0.25, 0.3) is 0 Å². The third-order valence-corrected chi connectivity index (χ3v) is 2.84. The lowest BCUT2D eigenvalue weighted by Gasteiger charge is -2.08. The highest BCUT2D eigenvalue weighted by atomic mass is 19.1. The molecule has 0 bridgehead atoms. The number of carbonyl (C=O) groups excluding carboxylic acids is 1. The van der Waals surface area contributed by atoms with Gasteiger partial charge in [-0.15, -0.1) is 0 Å². The summed E-state index contributed by atoms with van der Waals surface area (Å²) < 4.78 is 13.5. The van der Waals surface area contributed by atoms with E-state index in [4.69, 9.17) is 5.73 Å². The number of aryl methyl sites for hydroxylation is 1. The van der Waals surface area contributed by atoms with Gasteiger partial charge in [0.15, 0.2) is 5.82 Å². The van der Waals surface area contributed by atoms with E-state index in [9.17, 15) is 9.18 Å². The molecule has 0 saturated carbocycles. The lowest BCUT2D eigenvalue weighted by Crippen LogP contribution is -2.14. The average molecular weight is 283 g/mol. The highest BCUT2D eigenvalue weighted by molar-refractivity contribution is 6.05. The van der Waals surface area contributed by atoms with Crippen LogP contribution in [0, 0.1) is 24.6 Å². The van der Waals surface area contributed by atoms with Crippen molar-refractivity contribution in [2.75, 3.05) is 11.9 Å². The number of carbonyl (C=O) groups is 1. The van der Waals surface area contributed by atoms with Gasteiger partial charge < -0.3 is 11.1 Å². The monoisotopic (exact) mass is 283 g/mol. The van der Waals surface area contributed by atoms with E-state index in [-0.39, 0.29) is 12.2 Å². The molecule has 1 amide bonds. The molecule has 4 nitrogen and oxygen atoms in total. The first-order chi connectivity index (χ1) is 10.1. The number of pyridine rings is 1. The third-order valence-electron chi connectivity index (χ3n) is 2.84. The van der Waals surface area contributed by atoms with Gasteiger partial charge in [-0.05, 0) is 30.7 Å². The maximum atomic E-state index is 13.5. The quantitative estimate of drug-likeness (QED) is 0.829. The van der Waals surface area contributed by atoms with Gasteiger partial charge in [-0.3, -0.25) is 9.78 Å². The minimum Gasteiger partial charge on any atom is -0.320 e. The van der Waals surface area contributed by atoms with Crippen molar-refractivity contribution < 1.29 is 9.18 Å². The van der Waals surface area contributed by atoms with E-state index in [0.717, 1.165) is 11.8 Å². The van der Waals surface area contributed by atoms with Gasteiger partial charge in [0, 0.05) is 17.3 Å². The van der Waals surface area contributed by atoms with Gasteiger partial charge >= 0.3 is 0 Å². The SMILES string of the molecule is Cc1ccc(C#CCN)cc1C(=O)Nc1ccncc1F. The predicted molar refractivity (Wildman–Crippen MR) is 79.3 cm³/mol. The van der Waals surface area contributed by atoms with Gasteiger partial charge in [0.1, 0.15) is 0 Å². The Morgan fingerprint density at radius 1 is 1.43 bits per heavy atom. The number of anilines is 1. The van der Waals surface area contributed by atoms with E-state index < -0.39 is 11.7 Å². The number of benzene rings is 1. The molecule has 2 rings (SSSR count). The van der Waals surface area contributed by atoms with Gasteiger partial charge in [0.05, 0.1) is 18.4 Å². The number of nitrogens with two attached hydrogens (primary N) is 1. The number of hydrogen-bond acceptors (Lipinski definition) is 3. The molecule has 106 valence electrons. The summed E-state index contributed by atoms with van der Waals surface area (Å²) in [6.45, 7) is 2.05. The van der Waals surface area contributed by atoms with Crippen LogP contribution in [0.1, 0.15) is 21.5 Å². The molecule has 0 radical (unpaired) electrons. The zero-order chi connectivity index (χ0) is 15.2. The van der Waals surface area contributed by atoms with Crippen LogP contribution >= 0.6 is 0 Å². The summed E-state index contributed by atoms with van der Waals surface area (Å²) in [5.74, 6) is 4.61. The number of aromatic nitrogens is 1. The van der Waals surface area contributed by atoms with Gasteiger partial charge in [0.2, 0.25) is 0 Å². The Morgan fingerprint density at radius 3 is 2.95 bits per heavy atom. The molecule has 3 N–H and O–H groups in total. The van der Waals surface area contributed by atoms with Crippen LogP contribution in [-0.2, 0) is 0 Å². The number of amides is 1. The first-order valence-electron chi connectivity index (χ1n) is 6.32. The van der Waals surface area contributed by atoms with Crippen LogP contribution in [0.3, 0.4) is 0 Å². The second kappa shape index (κ2) is 6.64. The van der Waals surface area contributed by atoms with Crippen LogP contribution in [0.2, 0.25) is 0 Å². The third kappa shape index (κ3) is 3.65. The Labute approximate surface area is 122 Å². The molecular weight excluding hydrogens is 269 g/mol. The van der Waals surface area contributed by atoms with Gasteiger partial charge in [-0.1, -0.05) is 17.9 Å². The van der Waals surface area contributed by atoms with Gasteiger partial charge in [0.25, 0.3) is 5.91 Å². The lowest BCUT2D eigenvalue weighted by atomic mass is 10.0. The smallest absolute Gasteiger partial charge is 0.256 e. The summed E-state index contributed by atoms with van der Waals surface area (Å²) in [5.41, 5.74) is 7.32. The highest BCUT2D eigenvalue weighted by Crippen LogP contribution is 2.16. The molecule has 2 aromatic rings. The number of rotatable bonds is 2. The molecule has 21 heavy (non-hydrogen) atoms. The molecule has 1 heterocycles. The summed E-state index contributed by atoms with van der Waals surface area (Å²) in [5, 5.41) is 2.52. The fourth-order valence-corrected chi connectivity index (χ4v) is 1.76. The van der Waals surface area contributed by atoms with Crippen LogP contribution in [-0.4, -0.2) is 17.4 Å². The average Bonchev–Trinajstić information content (AvgIpc) is 2.48. The Hall–Kier alpha value is -2.71. The van der Waals surface area contributed by atoms with Gasteiger partial charge in [-0.25, -0.2) is 4.39 Å². The molecule has 0 aliphatic carbocycles. The minimum absolute atomic E-state index is 0.0906. The van der Waals surface area contributed by atoms with E-state index in [1.54, 1.807) is 19.1 Å². The Bertz CT molecular complexity index is 732. The highest BCUT2D eigenvalue weighted by Gasteiger charge is 2.12. The molecule has 0 aliphatic heterocycles. The normalized spacial score (nSPS) is 9.67. The molecule has 0 aliphatic rings. The van der Waals surface area contributed by atoms with Crippen molar-refractivity contribution in [2.45, 2.75) is 6.92 Å². The number of hydrogen-bond donors (Lipinski definition) is 2. The van der Waals surface area contributed by atoms with Gasteiger partial charge in [-0.2, -0.15) is 0 Å². The van der Waals surface area contributed by atoms with E-state index >= 15 is 0 Å². The second-order valence-electron chi connectivity index (χ2n) is 4.35. The van der Waals surface area contributed by atoms with Crippen molar-refractivity contribution in [3.05, 3.63) is 59.2 Å². The topological polar surface area (TPSA) is 68.0 Å². The first kappa shape index (κ1) is 14.7. The van der Waals surface area contributed by atoms with Crippen LogP contribution in [0.15, 0.2) is 36.7 Å². The summed E-state index contributed by atoms with van der Waals surface area (Å²) in [6.07, 6.45) is 2.46. The van der Waals surface area contributed by atoms with Crippen molar-refractivity contribution >= 4 is 11.6 Å². The summed E-state index contributed by atoms with van der Waals surface area (Å²) in [6, 6.07) is 6.66. The summed E-state index contributed by atoms with van der Waals surface area (Å²) in [4.78, 5) is 15.9. The lowest BCUT2D eigenvalue weighted by molar-refractivity contribution is 0.102. The largest absolute Gasteiger partial charge is 0.320 e. The summed E-state index contributed by atoms with van der Waals surface area (Å²) in [7, 11) is 0. The number of halogens is 1. The van der Waals surface area contributed by atoms with Crippen molar-refractivity contribution in [1.29, 1.82) is 0 Å². The van der Waals surface area contributed by atoms with Crippen molar-refractivity contribution in [3.8, 4) is 11.8 Å². The van der Waals surface area contributed by atoms with E-state index in [2.05, 4.69) is 22.1 Å². The Balaban J connectivity index is 2.28. The molecule has 0 unspecified atom stereocenters. The van der Waals surface area contributed by atoms with Crippen LogP contribution in [0.4, 0.5) is 10.1 Å². The Morgan fingerprint density at radius 2 is 2.24 bits per heavy atom. The molecular formula is C16H14FN3O. The molecule has 1 aromatic carbocycles. The fraction of sp³-hybridized carbons (Fsp3) is 0.125. The van der Waals surface area contributed by atoms with Crippen molar-refractivity contribution in [3.63, 3.8) is 0 Å². The Kier molecular flexibility index (Phi) is 4.64. The molecule has 0 spiro atoms. The number of nitrogens with zero attached hydrogens (tertiary/aromatic N) is 1. The molecule has 0 atom stereocenters. The number of nitrogens with one attached hydrogen (secondary N) is 1.